The topological polar surface area (TPSA) is 41.6 Å². The van der Waals surface area contributed by atoms with Gasteiger partial charge in [-0.15, -0.1) is 0 Å². The summed E-state index contributed by atoms with van der Waals surface area (Å²) in [6.07, 6.45) is 2.16. The largest absolute Gasteiger partial charge is 0.383 e. The number of carbonyl (C=O) groups is 1. The van der Waals surface area contributed by atoms with Crippen molar-refractivity contribution in [1.82, 2.24) is 10.2 Å². The van der Waals surface area contributed by atoms with Crippen LogP contribution in [0.5, 0.6) is 0 Å². The first-order valence-electron chi connectivity index (χ1n) is 7.08. The molecule has 1 fully saturated rings. The summed E-state index contributed by atoms with van der Waals surface area (Å²) < 4.78 is 18.6. The number of carbonyl (C=O) groups excluding carboxylic acids is 1. The SMILES string of the molecule is COCCN(CC1CCCN1)C(=O)c1ccc(Cl)c(F)c1. The zero-order valence-electron chi connectivity index (χ0n) is 12.1. The fourth-order valence-electron chi connectivity index (χ4n) is 2.47. The fourth-order valence-corrected chi connectivity index (χ4v) is 2.59. The molecule has 4 nitrogen and oxygen atoms in total. The predicted octanol–water partition coefficient (Wildman–Crippen LogP) is 2.32. The van der Waals surface area contributed by atoms with Gasteiger partial charge in [0, 0.05) is 31.8 Å². The molecule has 1 amide bonds. The molecule has 2 rings (SSSR count). The molecule has 1 atom stereocenters. The van der Waals surface area contributed by atoms with Gasteiger partial charge in [0.2, 0.25) is 0 Å². The number of nitrogens with zero attached hydrogens (tertiary/aromatic N) is 1. The van der Waals surface area contributed by atoms with E-state index >= 15 is 0 Å². The first kappa shape index (κ1) is 16.2. The zero-order chi connectivity index (χ0) is 15.2. The molecule has 0 saturated carbocycles. The molecule has 1 aromatic carbocycles. The second-order valence-corrected chi connectivity index (χ2v) is 5.57. The fraction of sp³-hybridized carbons (Fsp3) is 0.533. The van der Waals surface area contributed by atoms with E-state index < -0.39 is 5.82 Å². The Morgan fingerprint density at radius 3 is 3.00 bits per heavy atom. The van der Waals surface area contributed by atoms with Gasteiger partial charge in [-0.3, -0.25) is 4.79 Å². The van der Waals surface area contributed by atoms with E-state index in [0.717, 1.165) is 19.4 Å². The third-order valence-corrected chi connectivity index (χ3v) is 3.93. The molecule has 1 aromatic rings. The Bertz CT molecular complexity index is 493. The third kappa shape index (κ3) is 4.40. The van der Waals surface area contributed by atoms with Crippen molar-refractivity contribution in [3.8, 4) is 0 Å². The summed E-state index contributed by atoms with van der Waals surface area (Å²) in [5.41, 5.74) is 0.311. The summed E-state index contributed by atoms with van der Waals surface area (Å²) in [6, 6.07) is 4.44. The molecule has 1 saturated heterocycles. The van der Waals surface area contributed by atoms with Crippen LogP contribution in [-0.4, -0.2) is 50.2 Å². The number of benzene rings is 1. The number of hydrogen-bond donors (Lipinski definition) is 1. The summed E-state index contributed by atoms with van der Waals surface area (Å²) in [5, 5.41) is 3.38. The van der Waals surface area contributed by atoms with Gasteiger partial charge in [-0.25, -0.2) is 4.39 Å². The van der Waals surface area contributed by atoms with E-state index in [9.17, 15) is 9.18 Å². The van der Waals surface area contributed by atoms with Crippen molar-refractivity contribution >= 4 is 17.5 Å². The zero-order valence-corrected chi connectivity index (χ0v) is 12.8. The summed E-state index contributed by atoms with van der Waals surface area (Å²) in [5.74, 6) is -0.774. The van der Waals surface area contributed by atoms with Crippen LogP contribution in [0.2, 0.25) is 5.02 Å². The molecule has 21 heavy (non-hydrogen) atoms. The summed E-state index contributed by atoms with van der Waals surface area (Å²) in [4.78, 5) is 14.2. The molecule has 116 valence electrons. The number of halogens is 2. The van der Waals surface area contributed by atoms with Crippen LogP contribution in [0.15, 0.2) is 18.2 Å². The molecular weight excluding hydrogens is 295 g/mol. The molecule has 6 heteroatoms. The van der Waals surface area contributed by atoms with Gasteiger partial charge in [0.05, 0.1) is 11.6 Å². The van der Waals surface area contributed by atoms with Crippen LogP contribution in [0.4, 0.5) is 4.39 Å². The van der Waals surface area contributed by atoms with Crippen molar-refractivity contribution in [3.05, 3.63) is 34.6 Å². The lowest BCUT2D eigenvalue weighted by Gasteiger charge is -2.26. The van der Waals surface area contributed by atoms with E-state index in [1.165, 1.54) is 12.1 Å². The van der Waals surface area contributed by atoms with Gasteiger partial charge in [-0.05, 0) is 37.6 Å². The number of ether oxygens (including phenoxy) is 1. The average molecular weight is 315 g/mol. The molecule has 1 N–H and O–H groups in total. The van der Waals surface area contributed by atoms with E-state index in [0.29, 0.717) is 31.3 Å². The van der Waals surface area contributed by atoms with Gasteiger partial charge in [0.25, 0.3) is 5.91 Å². The Morgan fingerprint density at radius 1 is 1.57 bits per heavy atom. The van der Waals surface area contributed by atoms with Gasteiger partial charge < -0.3 is 15.0 Å². The number of hydrogen-bond acceptors (Lipinski definition) is 3. The van der Waals surface area contributed by atoms with Crippen LogP contribution in [0.3, 0.4) is 0 Å². The van der Waals surface area contributed by atoms with Gasteiger partial charge in [-0.1, -0.05) is 11.6 Å². The van der Waals surface area contributed by atoms with Crippen molar-refractivity contribution in [2.24, 2.45) is 0 Å². The average Bonchev–Trinajstić information content (AvgIpc) is 2.98. The Hall–Kier alpha value is -1.17. The van der Waals surface area contributed by atoms with Gasteiger partial charge in [-0.2, -0.15) is 0 Å². The van der Waals surface area contributed by atoms with Crippen LogP contribution in [0, 0.1) is 5.82 Å². The van der Waals surface area contributed by atoms with Crippen LogP contribution < -0.4 is 5.32 Å². The van der Waals surface area contributed by atoms with E-state index in [-0.39, 0.29) is 10.9 Å². The molecule has 0 radical (unpaired) electrons. The van der Waals surface area contributed by atoms with E-state index in [1.807, 2.05) is 0 Å². The highest BCUT2D eigenvalue weighted by atomic mass is 35.5. The molecule has 1 aliphatic heterocycles. The lowest BCUT2D eigenvalue weighted by atomic mass is 10.1. The minimum absolute atomic E-state index is 0.0208. The summed E-state index contributed by atoms with van der Waals surface area (Å²) >= 11 is 5.66. The Kier molecular flexibility index (Phi) is 5.96. The predicted molar refractivity (Wildman–Crippen MR) is 80.2 cm³/mol. The number of methoxy groups -OCH3 is 1. The Labute approximate surface area is 129 Å². The van der Waals surface area contributed by atoms with Crippen molar-refractivity contribution in [3.63, 3.8) is 0 Å². The molecule has 1 unspecified atom stereocenters. The standard InChI is InChI=1S/C15H20ClFN2O2/c1-21-8-7-19(10-12-3-2-6-18-12)15(20)11-4-5-13(16)14(17)9-11/h4-5,9,12,18H,2-3,6-8,10H2,1H3. The van der Waals surface area contributed by atoms with E-state index in [1.54, 1.807) is 18.1 Å². The third-order valence-electron chi connectivity index (χ3n) is 3.62. The number of nitrogens with one attached hydrogen (secondary N) is 1. The lowest BCUT2D eigenvalue weighted by molar-refractivity contribution is 0.0679. The second-order valence-electron chi connectivity index (χ2n) is 5.17. The van der Waals surface area contributed by atoms with Crippen LogP contribution in [-0.2, 0) is 4.74 Å². The van der Waals surface area contributed by atoms with Gasteiger partial charge in [0.15, 0.2) is 0 Å². The quantitative estimate of drug-likeness (QED) is 0.876. The number of rotatable bonds is 6. The van der Waals surface area contributed by atoms with E-state index in [4.69, 9.17) is 16.3 Å². The van der Waals surface area contributed by atoms with Crippen LogP contribution in [0.25, 0.3) is 0 Å². The highest BCUT2D eigenvalue weighted by Gasteiger charge is 2.22. The van der Waals surface area contributed by atoms with Gasteiger partial charge in [0.1, 0.15) is 5.82 Å². The normalized spacial score (nSPS) is 18.0. The van der Waals surface area contributed by atoms with Gasteiger partial charge >= 0.3 is 0 Å². The second kappa shape index (κ2) is 7.73. The monoisotopic (exact) mass is 314 g/mol. The Morgan fingerprint density at radius 2 is 2.38 bits per heavy atom. The maximum absolute atomic E-state index is 13.5. The maximum atomic E-state index is 13.5. The van der Waals surface area contributed by atoms with Crippen molar-refractivity contribution < 1.29 is 13.9 Å². The smallest absolute Gasteiger partial charge is 0.254 e. The van der Waals surface area contributed by atoms with Crippen LogP contribution in [0.1, 0.15) is 23.2 Å². The molecular formula is C15H20ClFN2O2. The molecule has 0 aliphatic carbocycles. The van der Waals surface area contributed by atoms with Crippen molar-refractivity contribution in [1.29, 1.82) is 0 Å². The van der Waals surface area contributed by atoms with Crippen molar-refractivity contribution in [2.45, 2.75) is 18.9 Å². The first-order valence-corrected chi connectivity index (χ1v) is 7.46. The lowest BCUT2D eigenvalue weighted by Crippen LogP contribution is -2.42. The molecule has 0 aromatic heterocycles. The first-order chi connectivity index (χ1) is 10.1. The molecule has 0 spiro atoms. The van der Waals surface area contributed by atoms with Crippen LogP contribution >= 0.6 is 11.6 Å². The number of amides is 1. The highest BCUT2D eigenvalue weighted by molar-refractivity contribution is 6.30. The molecule has 1 aliphatic rings. The molecule has 0 bridgehead atoms. The van der Waals surface area contributed by atoms with Crippen molar-refractivity contribution in [2.75, 3.05) is 33.4 Å². The highest BCUT2D eigenvalue weighted by Crippen LogP contribution is 2.17. The minimum atomic E-state index is -0.576. The summed E-state index contributed by atoms with van der Waals surface area (Å²) in [6.45, 7) is 2.52. The minimum Gasteiger partial charge on any atom is -0.383 e. The molecule has 1 heterocycles. The Balaban J connectivity index is 2.09. The summed E-state index contributed by atoms with van der Waals surface area (Å²) in [7, 11) is 1.60. The maximum Gasteiger partial charge on any atom is 0.254 e. The van der Waals surface area contributed by atoms with E-state index in [2.05, 4.69) is 5.32 Å².